The molecule has 4 amide bonds. The SMILES string of the molecule is O=C(O)CN1C(=O)NC2(C(=O)Nc3ccccc32)C1=O. The molecule has 0 aliphatic carbocycles. The number of nitrogens with zero attached hydrogens (tertiary/aromatic N) is 1. The molecule has 2 aliphatic heterocycles. The first-order valence-corrected chi connectivity index (χ1v) is 5.73. The molecule has 0 saturated carbocycles. The Hall–Kier alpha value is -2.90. The van der Waals surface area contributed by atoms with Gasteiger partial charge in [-0.1, -0.05) is 18.2 Å². The van der Waals surface area contributed by atoms with E-state index in [1.54, 1.807) is 18.2 Å². The quantitative estimate of drug-likeness (QED) is 0.495. The summed E-state index contributed by atoms with van der Waals surface area (Å²) in [6.07, 6.45) is 0. The Morgan fingerprint density at radius 2 is 1.95 bits per heavy atom. The summed E-state index contributed by atoms with van der Waals surface area (Å²) >= 11 is 0. The molecule has 1 unspecified atom stereocenters. The van der Waals surface area contributed by atoms with E-state index in [-0.39, 0.29) is 0 Å². The average molecular weight is 275 g/mol. The number of fused-ring (bicyclic) bond motifs is 2. The Kier molecular flexibility index (Phi) is 2.31. The van der Waals surface area contributed by atoms with Crippen LogP contribution in [0.2, 0.25) is 0 Å². The predicted molar refractivity (Wildman–Crippen MR) is 64.6 cm³/mol. The van der Waals surface area contributed by atoms with Crippen molar-refractivity contribution in [3.8, 4) is 0 Å². The smallest absolute Gasteiger partial charge is 0.326 e. The van der Waals surface area contributed by atoms with E-state index in [4.69, 9.17) is 5.11 Å². The largest absolute Gasteiger partial charge is 0.480 e. The fourth-order valence-corrected chi connectivity index (χ4v) is 2.45. The van der Waals surface area contributed by atoms with Gasteiger partial charge in [-0.2, -0.15) is 0 Å². The van der Waals surface area contributed by atoms with Crippen LogP contribution < -0.4 is 10.6 Å². The highest BCUT2D eigenvalue weighted by molar-refractivity contribution is 6.27. The molecule has 0 radical (unpaired) electrons. The third-order valence-corrected chi connectivity index (χ3v) is 3.32. The van der Waals surface area contributed by atoms with Crippen LogP contribution in [0.25, 0.3) is 0 Å². The lowest BCUT2D eigenvalue weighted by Crippen LogP contribution is -2.49. The summed E-state index contributed by atoms with van der Waals surface area (Å²) in [7, 11) is 0. The van der Waals surface area contributed by atoms with Gasteiger partial charge in [0.15, 0.2) is 0 Å². The van der Waals surface area contributed by atoms with Gasteiger partial charge >= 0.3 is 12.0 Å². The molecule has 8 heteroatoms. The van der Waals surface area contributed by atoms with Gasteiger partial charge in [0, 0.05) is 11.3 Å². The van der Waals surface area contributed by atoms with Crippen molar-refractivity contribution in [1.82, 2.24) is 10.2 Å². The van der Waals surface area contributed by atoms with Gasteiger partial charge in [-0.05, 0) is 6.07 Å². The summed E-state index contributed by atoms with van der Waals surface area (Å²) in [5, 5.41) is 13.5. The first kappa shape index (κ1) is 12.2. The van der Waals surface area contributed by atoms with Crippen molar-refractivity contribution in [2.75, 3.05) is 11.9 Å². The Labute approximate surface area is 112 Å². The third-order valence-electron chi connectivity index (χ3n) is 3.32. The molecule has 20 heavy (non-hydrogen) atoms. The van der Waals surface area contributed by atoms with E-state index in [1.165, 1.54) is 6.07 Å². The zero-order valence-corrected chi connectivity index (χ0v) is 10.0. The number of hydrogen-bond acceptors (Lipinski definition) is 4. The topological polar surface area (TPSA) is 116 Å². The van der Waals surface area contributed by atoms with Gasteiger partial charge < -0.3 is 15.7 Å². The molecule has 0 bridgehead atoms. The first-order valence-electron chi connectivity index (χ1n) is 5.73. The maximum atomic E-state index is 12.4. The number of benzene rings is 1. The lowest BCUT2D eigenvalue weighted by Gasteiger charge is -2.18. The van der Waals surface area contributed by atoms with Crippen molar-refractivity contribution in [2.24, 2.45) is 0 Å². The number of nitrogens with one attached hydrogen (secondary N) is 2. The van der Waals surface area contributed by atoms with Gasteiger partial charge in [0.1, 0.15) is 6.54 Å². The zero-order chi connectivity index (χ0) is 14.5. The van der Waals surface area contributed by atoms with Crippen LogP contribution in [0.5, 0.6) is 0 Å². The molecule has 1 aromatic rings. The molecule has 1 fully saturated rings. The summed E-state index contributed by atoms with van der Waals surface area (Å²) in [6.45, 7) is -0.790. The molecular weight excluding hydrogens is 266 g/mol. The van der Waals surface area contributed by atoms with Crippen molar-refractivity contribution in [3.63, 3.8) is 0 Å². The lowest BCUT2D eigenvalue weighted by atomic mass is 9.91. The van der Waals surface area contributed by atoms with Crippen LogP contribution in [0.15, 0.2) is 24.3 Å². The number of rotatable bonds is 2. The van der Waals surface area contributed by atoms with Crippen molar-refractivity contribution in [2.45, 2.75) is 5.54 Å². The minimum atomic E-state index is -1.86. The van der Waals surface area contributed by atoms with Gasteiger partial charge in [-0.3, -0.25) is 19.3 Å². The lowest BCUT2D eigenvalue weighted by molar-refractivity contribution is -0.144. The molecule has 2 aliphatic rings. The van der Waals surface area contributed by atoms with Crippen LogP contribution in [0.1, 0.15) is 5.56 Å². The fraction of sp³-hybridized carbons (Fsp3) is 0.167. The van der Waals surface area contributed by atoms with Crippen molar-refractivity contribution in [3.05, 3.63) is 29.8 Å². The molecule has 8 nitrogen and oxygen atoms in total. The highest BCUT2D eigenvalue weighted by Gasteiger charge is 2.61. The number of aliphatic carboxylic acids is 1. The standard InChI is InChI=1S/C12H9N3O5/c16-8(17)5-15-10(19)12(14-11(15)20)6-3-1-2-4-7(6)13-9(12)18/h1-4H,5H2,(H,13,18)(H,14,20)(H,16,17). The van der Waals surface area contributed by atoms with E-state index in [1.807, 2.05) is 0 Å². The molecule has 1 saturated heterocycles. The summed E-state index contributed by atoms with van der Waals surface area (Å²) in [5.41, 5.74) is -1.12. The Morgan fingerprint density at radius 3 is 2.65 bits per heavy atom. The van der Waals surface area contributed by atoms with Gasteiger partial charge in [0.25, 0.3) is 11.8 Å². The van der Waals surface area contributed by atoms with Gasteiger partial charge in [-0.25, -0.2) is 4.79 Å². The predicted octanol–water partition coefficient (Wildman–Crippen LogP) is -0.530. The van der Waals surface area contributed by atoms with Gasteiger partial charge in [-0.15, -0.1) is 0 Å². The van der Waals surface area contributed by atoms with E-state index in [2.05, 4.69) is 10.6 Å². The normalized spacial score (nSPS) is 23.8. The maximum absolute atomic E-state index is 12.4. The van der Waals surface area contributed by atoms with Crippen LogP contribution >= 0.6 is 0 Å². The second-order valence-corrected chi connectivity index (χ2v) is 4.46. The van der Waals surface area contributed by atoms with Crippen molar-refractivity contribution >= 4 is 29.5 Å². The van der Waals surface area contributed by atoms with E-state index in [9.17, 15) is 19.2 Å². The van der Waals surface area contributed by atoms with Crippen LogP contribution in [0, 0.1) is 0 Å². The molecular formula is C12H9N3O5. The number of para-hydroxylation sites is 1. The maximum Gasteiger partial charge on any atom is 0.326 e. The summed E-state index contributed by atoms with van der Waals surface area (Å²) in [4.78, 5) is 47.5. The molecule has 0 aromatic heterocycles. The summed E-state index contributed by atoms with van der Waals surface area (Å²) in [5.74, 6) is -2.91. The first-order chi connectivity index (χ1) is 9.46. The number of carboxylic acids is 1. The highest BCUT2D eigenvalue weighted by Crippen LogP contribution is 2.39. The van der Waals surface area contributed by atoms with Gasteiger partial charge in [0.2, 0.25) is 5.54 Å². The highest BCUT2D eigenvalue weighted by atomic mass is 16.4. The fourth-order valence-electron chi connectivity index (χ4n) is 2.45. The number of urea groups is 1. The second-order valence-electron chi connectivity index (χ2n) is 4.46. The molecule has 102 valence electrons. The number of carbonyl (C=O) groups is 4. The molecule has 1 aromatic carbocycles. The Bertz CT molecular complexity index is 671. The van der Waals surface area contributed by atoms with Crippen LogP contribution in [0.4, 0.5) is 10.5 Å². The van der Waals surface area contributed by atoms with E-state index in [0.717, 1.165) is 0 Å². The number of amides is 4. The minimum absolute atomic E-state index is 0.316. The van der Waals surface area contributed by atoms with Gasteiger partial charge in [0.05, 0.1) is 0 Å². The van der Waals surface area contributed by atoms with Crippen LogP contribution in [-0.4, -0.2) is 40.4 Å². The third kappa shape index (κ3) is 1.35. The Morgan fingerprint density at radius 1 is 1.25 bits per heavy atom. The van der Waals surface area contributed by atoms with Crippen LogP contribution in [-0.2, 0) is 19.9 Å². The number of hydrogen-bond donors (Lipinski definition) is 3. The molecule has 1 spiro atoms. The second kappa shape index (κ2) is 3.80. The molecule has 2 heterocycles. The summed E-state index contributed by atoms with van der Waals surface area (Å²) in [6, 6.07) is 5.54. The average Bonchev–Trinajstić information content (AvgIpc) is 2.81. The molecule has 3 N–H and O–H groups in total. The minimum Gasteiger partial charge on any atom is -0.480 e. The molecule has 1 atom stereocenters. The number of carboxylic acid groups (broad SMARTS) is 1. The van der Waals surface area contributed by atoms with E-state index in [0.29, 0.717) is 16.2 Å². The monoisotopic (exact) mass is 275 g/mol. The van der Waals surface area contributed by atoms with Crippen LogP contribution in [0.3, 0.4) is 0 Å². The van der Waals surface area contributed by atoms with Crippen molar-refractivity contribution < 1.29 is 24.3 Å². The molecule has 3 rings (SSSR count). The number of carbonyl (C=O) groups excluding carboxylic acids is 3. The van der Waals surface area contributed by atoms with Crippen molar-refractivity contribution in [1.29, 1.82) is 0 Å². The number of imide groups is 1. The van der Waals surface area contributed by atoms with E-state index < -0.39 is 35.9 Å². The summed E-state index contributed by atoms with van der Waals surface area (Å²) < 4.78 is 0. The number of anilines is 1. The Balaban J connectivity index is 2.10. The van der Waals surface area contributed by atoms with E-state index >= 15 is 0 Å². The zero-order valence-electron chi connectivity index (χ0n) is 10.0.